The second-order valence-corrected chi connectivity index (χ2v) is 7.36. The lowest BCUT2D eigenvalue weighted by Gasteiger charge is -2.18. The Morgan fingerprint density at radius 3 is 2.80 bits per heavy atom. The highest BCUT2D eigenvalue weighted by Crippen LogP contribution is 2.23. The number of carbonyl (C=O) groups excluding carboxylic acids is 1. The molecule has 1 atom stereocenters. The molecule has 2 N–H and O–H groups in total. The maximum Gasteiger partial charge on any atom is 0.287 e. The normalized spacial score (nSPS) is 12.6. The first-order valence-corrected chi connectivity index (χ1v) is 9.79. The number of aromatic nitrogens is 2. The highest BCUT2D eigenvalue weighted by molar-refractivity contribution is 7.97. The maximum atomic E-state index is 12.6. The van der Waals surface area contributed by atoms with Crippen LogP contribution in [0.4, 0.5) is 0 Å². The van der Waals surface area contributed by atoms with Gasteiger partial charge in [-0.05, 0) is 42.9 Å². The number of furan rings is 1. The van der Waals surface area contributed by atoms with Crippen molar-refractivity contribution in [2.75, 3.05) is 6.26 Å². The number of rotatable bonds is 7. The number of aromatic amines is 1. The Labute approximate surface area is 151 Å². The van der Waals surface area contributed by atoms with Crippen molar-refractivity contribution < 1.29 is 9.21 Å². The van der Waals surface area contributed by atoms with E-state index < -0.39 is 0 Å². The minimum atomic E-state index is -0.210. The molecule has 1 amide bonds. The number of benzene rings is 1. The molecule has 0 aliphatic carbocycles. The van der Waals surface area contributed by atoms with E-state index in [1.807, 2.05) is 36.6 Å². The van der Waals surface area contributed by atoms with Gasteiger partial charge in [-0.25, -0.2) is 4.98 Å². The molecule has 0 aliphatic rings. The van der Waals surface area contributed by atoms with Gasteiger partial charge in [0, 0.05) is 0 Å². The predicted molar refractivity (Wildman–Crippen MR) is 102 cm³/mol. The zero-order valence-electron chi connectivity index (χ0n) is 14.7. The van der Waals surface area contributed by atoms with E-state index in [9.17, 15) is 4.79 Å². The number of carbonyl (C=O) groups is 1. The lowest BCUT2D eigenvalue weighted by atomic mass is 10.0. The van der Waals surface area contributed by atoms with Crippen molar-refractivity contribution in [2.24, 2.45) is 5.92 Å². The van der Waals surface area contributed by atoms with Crippen LogP contribution >= 0.6 is 11.8 Å². The van der Waals surface area contributed by atoms with Crippen molar-refractivity contribution in [3.8, 4) is 0 Å². The molecule has 5 nitrogen and oxygen atoms in total. The topological polar surface area (TPSA) is 70.9 Å². The lowest BCUT2D eigenvalue weighted by Crippen LogP contribution is -2.30. The molecule has 2 heterocycles. The monoisotopic (exact) mass is 357 g/mol. The molecule has 0 fully saturated rings. The summed E-state index contributed by atoms with van der Waals surface area (Å²) < 4.78 is 5.62. The van der Waals surface area contributed by atoms with Gasteiger partial charge in [0.2, 0.25) is 0 Å². The standard InChI is InChI=1S/C19H23N3O2S/c1-12(2)10-16(18-20-14-6-4-5-7-15(14)21-18)22-19(23)17-9-8-13(24-17)11-25-3/h4-9,12,16H,10-11H2,1-3H3,(H,20,21)(H,22,23)/t16-/m0/s1. The highest BCUT2D eigenvalue weighted by Gasteiger charge is 2.22. The molecule has 0 saturated heterocycles. The molecule has 3 aromatic rings. The van der Waals surface area contributed by atoms with Crippen molar-refractivity contribution in [3.63, 3.8) is 0 Å². The Kier molecular flexibility index (Phi) is 5.48. The van der Waals surface area contributed by atoms with E-state index in [4.69, 9.17) is 4.42 Å². The van der Waals surface area contributed by atoms with E-state index in [2.05, 4.69) is 29.1 Å². The summed E-state index contributed by atoms with van der Waals surface area (Å²) in [6, 6.07) is 11.3. The number of H-pyrrole nitrogens is 1. The summed E-state index contributed by atoms with van der Waals surface area (Å²) in [5.74, 6) is 2.89. The quantitative estimate of drug-likeness (QED) is 0.651. The number of nitrogens with zero attached hydrogens (tertiary/aromatic N) is 1. The van der Waals surface area contributed by atoms with Crippen molar-refractivity contribution in [2.45, 2.75) is 32.1 Å². The first-order chi connectivity index (χ1) is 12.1. The minimum absolute atomic E-state index is 0.186. The van der Waals surface area contributed by atoms with Crippen LogP contribution in [0.25, 0.3) is 11.0 Å². The number of hydrogen-bond acceptors (Lipinski definition) is 4. The number of nitrogens with one attached hydrogen (secondary N) is 2. The Morgan fingerprint density at radius 1 is 1.28 bits per heavy atom. The van der Waals surface area contributed by atoms with Crippen molar-refractivity contribution in [1.82, 2.24) is 15.3 Å². The summed E-state index contributed by atoms with van der Waals surface area (Å²) in [6.45, 7) is 4.26. The maximum absolute atomic E-state index is 12.6. The van der Waals surface area contributed by atoms with E-state index in [0.29, 0.717) is 11.7 Å². The fourth-order valence-electron chi connectivity index (χ4n) is 2.80. The summed E-state index contributed by atoms with van der Waals surface area (Å²) in [4.78, 5) is 20.6. The minimum Gasteiger partial charge on any atom is -0.455 e. The smallest absolute Gasteiger partial charge is 0.287 e. The summed E-state index contributed by atoms with van der Waals surface area (Å²) in [5.41, 5.74) is 1.88. The molecular weight excluding hydrogens is 334 g/mol. The van der Waals surface area contributed by atoms with Crippen LogP contribution in [-0.2, 0) is 5.75 Å². The third kappa shape index (κ3) is 4.25. The molecule has 132 valence electrons. The second-order valence-electron chi connectivity index (χ2n) is 6.49. The molecule has 3 rings (SSSR count). The van der Waals surface area contributed by atoms with Gasteiger partial charge in [0.15, 0.2) is 5.76 Å². The molecule has 25 heavy (non-hydrogen) atoms. The molecule has 0 bridgehead atoms. The van der Waals surface area contributed by atoms with Gasteiger partial charge in [-0.2, -0.15) is 11.8 Å². The summed E-state index contributed by atoms with van der Waals surface area (Å²) in [7, 11) is 0. The van der Waals surface area contributed by atoms with Crippen LogP contribution in [-0.4, -0.2) is 22.1 Å². The van der Waals surface area contributed by atoms with E-state index in [1.54, 1.807) is 17.8 Å². The molecule has 0 spiro atoms. The number of fused-ring (bicyclic) bond motifs is 1. The molecule has 2 aromatic heterocycles. The van der Waals surface area contributed by atoms with Gasteiger partial charge in [-0.1, -0.05) is 26.0 Å². The highest BCUT2D eigenvalue weighted by atomic mass is 32.2. The van der Waals surface area contributed by atoms with Crippen LogP contribution in [0.15, 0.2) is 40.8 Å². The van der Waals surface area contributed by atoms with Gasteiger partial charge in [-0.3, -0.25) is 4.79 Å². The summed E-state index contributed by atoms with van der Waals surface area (Å²) in [6.07, 6.45) is 2.80. The molecule has 0 saturated carbocycles. The first-order valence-electron chi connectivity index (χ1n) is 8.40. The van der Waals surface area contributed by atoms with Gasteiger partial charge in [0.05, 0.1) is 22.8 Å². The Morgan fingerprint density at radius 2 is 2.08 bits per heavy atom. The number of amides is 1. The van der Waals surface area contributed by atoms with Gasteiger partial charge in [0.1, 0.15) is 11.6 Å². The van der Waals surface area contributed by atoms with E-state index in [-0.39, 0.29) is 11.9 Å². The van der Waals surface area contributed by atoms with E-state index in [1.165, 1.54) is 0 Å². The zero-order valence-corrected chi connectivity index (χ0v) is 15.5. The van der Waals surface area contributed by atoms with Crippen LogP contribution < -0.4 is 5.32 Å². The Balaban J connectivity index is 1.81. The number of para-hydroxylation sites is 2. The fraction of sp³-hybridized carbons (Fsp3) is 0.368. The molecule has 1 aromatic carbocycles. The van der Waals surface area contributed by atoms with Crippen LogP contribution in [0.1, 0.15) is 48.4 Å². The molecule has 0 aliphatic heterocycles. The molecular formula is C19H23N3O2S. The van der Waals surface area contributed by atoms with Crippen molar-refractivity contribution in [3.05, 3.63) is 53.7 Å². The van der Waals surface area contributed by atoms with Gasteiger partial charge in [0.25, 0.3) is 5.91 Å². The number of hydrogen-bond donors (Lipinski definition) is 2. The van der Waals surface area contributed by atoms with Gasteiger partial charge >= 0.3 is 0 Å². The SMILES string of the molecule is CSCc1ccc(C(=O)N[C@@H](CC(C)C)c2nc3ccccc3[nH]2)o1. The molecule has 0 unspecified atom stereocenters. The third-order valence-electron chi connectivity index (χ3n) is 3.92. The number of imidazole rings is 1. The van der Waals surface area contributed by atoms with E-state index >= 15 is 0 Å². The average molecular weight is 357 g/mol. The fourth-order valence-corrected chi connectivity index (χ4v) is 3.24. The zero-order chi connectivity index (χ0) is 17.8. The second kappa shape index (κ2) is 7.78. The van der Waals surface area contributed by atoms with Crippen LogP contribution in [0, 0.1) is 5.92 Å². The van der Waals surface area contributed by atoms with Crippen LogP contribution in [0.3, 0.4) is 0 Å². The molecule has 0 radical (unpaired) electrons. The summed E-state index contributed by atoms with van der Waals surface area (Å²) in [5, 5.41) is 3.06. The Hall–Kier alpha value is -2.21. The summed E-state index contributed by atoms with van der Waals surface area (Å²) >= 11 is 1.66. The molecule has 6 heteroatoms. The first kappa shape index (κ1) is 17.6. The van der Waals surface area contributed by atoms with Gasteiger partial charge < -0.3 is 14.7 Å². The Bertz CT molecular complexity index is 820. The lowest BCUT2D eigenvalue weighted by molar-refractivity contribution is 0.0900. The van der Waals surface area contributed by atoms with Crippen LogP contribution in [0.2, 0.25) is 0 Å². The average Bonchev–Trinajstić information content (AvgIpc) is 3.20. The van der Waals surface area contributed by atoms with Crippen molar-refractivity contribution >= 4 is 28.7 Å². The van der Waals surface area contributed by atoms with Crippen molar-refractivity contribution in [1.29, 1.82) is 0 Å². The largest absolute Gasteiger partial charge is 0.455 e. The third-order valence-corrected chi connectivity index (χ3v) is 4.50. The van der Waals surface area contributed by atoms with Gasteiger partial charge in [-0.15, -0.1) is 0 Å². The number of thioether (sulfide) groups is 1. The predicted octanol–water partition coefficient (Wildman–Crippen LogP) is 4.54. The van der Waals surface area contributed by atoms with E-state index in [0.717, 1.165) is 34.8 Å². The van der Waals surface area contributed by atoms with Crippen LogP contribution in [0.5, 0.6) is 0 Å².